The Balaban J connectivity index is 0.000000227. The Bertz CT molecular complexity index is 990. The first-order valence-corrected chi connectivity index (χ1v) is 11.5. The first kappa shape index (κ1) is 28.8. The van der Waals surface area contributed by atoms with Crippen molar-refractivity contribution in [2.24, 2.45) is 0 Å². The second-order valence-corrected chi connectivity index (χ2v) is 8.81. The number of hydrogen-bond donors (Lipinski definition) is 0. The molecule has 0 radical (unpaired) electrons. The van der Waals surface area contributed by atoms with Crippen molar-refractivity contribution in [3.05, 3.63) is 141 Å². The average molecular weight is 461 g/mol. The van der Waals surface area contributed by atoms with E-state index >= 15 is 0 Å². The molecule has 0 N–H and O–H groups in total. The molecule has 0 bridgehead atoms. The highest BCUT2D eigenvalue weighted by molar-refractivity contribution is 5.23. The highest BCUT2D eigenvalue weighted by Gasteiger charge is 1.94. The van der Waals surface area contributed by atoms with Gasteiger partial charge < -0.3 is 0 Å². The first-order chi connectivity index (χ1) is 16.0. The highest BCUT2D eigenvalue weighted by atomic mass is 19.1. The van der Waals surface area contributed by atoms with Gasteiger partial charge in [-0.1, -0.05) is 95.1 Å². The lowest BCUT2D eigenvalue weighted by Crippen LogP contribution is -1.81. The van der Waals surface area contributed by atoms with Crippen molar-refractivity contribution in [2.45, 2.75) is 55.4 Å². The largest absolute Gasteiger partial charge is 0.207 e. The maximum absolute atomic E-state index is 12.6. The van der Waals surface area contributed by atoms with Crippen molar-refractivity contribution in [2.75, 3.05) is 0 Å². The summed E-state index contributed by atoms with van der Waals surface area (Å²) in [5.41, 5.74) is 8.68. The van der Waals surface area contributed by atoms with Gasteiger partial charge in [0.25, 0.3) is 0 Å². The van der Waals surface area contributed by atoms with Crippen molar-refractivity contribution >= 4 is 0 Å². The van der Waals surface area contributed by atoms with Gasteiger partial charge in [-0.25, -0.2) is 8.78 Å². The molecule has 2 heteroatoms. The van der Waals surface area contributed by atoms with Crippen LogP contribution in [0.5, 0.6) is 0 Å². The highest BCUT2D eigenvalue weighted by Crippen LogP contribution is 2.08. The van der Waals surface area contributed by atoms with E-state index in [2.05, 4.69) is 76.2 Å². The van der Waals surface area contributed by atoms with Crippen LogP contribution in [0.1, 0.15) is 44.5 Å². The molecule has 0 nitrogen and oxygen atoms in total. The third kappa shape index (κ3) is 12.1. The van der Waals surface area contributed by atoms with Crippen LogP contribution in [0.2, 0.25) is 0 Å². The summed E-state index contributed by atoms with van der Waals surface area (Å²) in [5, 5.41) is 0. The van der Waals surface area contributed by atoms with Crippen molar-refractivity contribution < 1.29 is 8.78 Å². The van der Waals surface area contributed by atoms with Crippen molar-refractivity contribution in [1.82, 2.24) is 0 Å². The van der Waals surface area contributed by atoms with E-state index in [4.69, 9.17) is 0 Å². The quantitative estimate of drug-likeness (QED) is 0.245. The van der Waals surface area contributed by atoms with Crippen molar-refractivity contribution in [1.29, 1.82) is 0 Å². The van der Waals surface area contributed by atoms with Gasteiger partial charge in [0.2, 0.25) is 0 Å². The molecule has 0 saturated carbocycles. The molecule has 0 atom stereocenters. The molecule has 0 amide bonds. The molecule has 0 aliphatic rings. The molecular weight excluding hydrogens is 422 g/mol. The van der Waals surface area contributed by atoms with Crippen LogP contribution in [0.15, 0.2) is 84.9 Å². The topological polar surface area (TPSA) is 0 Å². The summed E-state index contributed by atoms with van der Waals surface area (Å²) in [7, 11) is 0. The molecule has 4 aromatic rings. The summed E-state index contributed by atoms with van der Waals surface area (Å²) in [5.74, 6) is -0.231. The number of rotatable bonds is 0. The zero-order valence-corrected chi connectivity index (χ0v) is 21.8. The summed E-state index contributed by atoms with van der Waals surface area (Å²) >= 11 is 0. The van der Waals surface area contributed by atoms with Gasteiger partial charge in [0.15, 0.2) is 0 Å². The van der Waals surface area contributed by atoms with Gasteiger partial charge in [0.05, 0.1) is 0 Å². The van der Waals surface area contributed by atoms with E-state index < -0.39 is 0 Å². The Hall–Kier alpha value is -3.26. The molecule has 0 heterocycles. The predicted octanol–water partition coefficient (Wildman–Crippen LogP) is 9.49. The number of halogens is 2. The van der Waals surface area contributed by atoms with Crippen LogP contribution in [-0.2, 0) is 0 Å². The Morgan fingerprint density at radius 3 is 0.706 bits per heavy atom. The minimum absolute atomic E-state index is 0.116. The van der Waals surface area contributed by atoms with Crippen molar-refractivity contribution in [3.8, 4) is 0 Å². The summed E-state index contributed by atoms with van der Waals surface area (Å²) < 4.78 is 25.2. The molecule has 0 saturated heterocycles. The van der Waals surface area contributed by atoms with Crippen LogP contribution in [0, 0.1) is 67.0 Å². The van der Waals surface area contributed by atoms with Gasteiger partial charge in [-0.3, -0.25) is 0 Å². The fourth-order valence-electron chi connectivity index (χ4n) is 2.67. The van der Waals surface area contributed by atoms with E-state index in [1.807, 2.05) is 26.0 Å². The minimum Gasteiger partial charge on any atom is -0.207 e. The summed E-state index contributed by atoms with van der Waals surface area (Å²) in [6.07, 6.45) is 0. The van der Waals surface area contributed by atoms with Gasteiger partial charge >= 0.3 is 0 Å². The van der Waals surface area contributed by atoms with Gasteiger partial charge in [-0.15, -0.1) is 0 Å². The maximum atomic E-state index is 12.6. The standard InChI is InChI=1S/2C8H9F.2C8H10/c2*1-6-3-4-7(2)8(9)5-6;2*1-7-3-5-8(2)6-4-7/h2*3-5H,1-2H3;2*3-6H,1-2H3. The molecule has 0 fully saturated rings. The third-order valence-electron chi connectivity index (χ3n) is 5.09. The molecule has 0 aliphatic carbocycles. The molecule has 180 valence electrons. The number of aryl methyl sites for hydroxylation is 8. The second-order valence-electron chi connectivity index (χ2n) is 8.81. The van der Waals surface area contributed by atoms with Crippen molar-refractivity contribution in [3.63, 3.8) is 0 Å². The number of benzene rings is 4. The van der Waals surface area contributed by atoms with Crippen LogP contribution in [0.3, 0.4) is 0 Å². The Morgan fingerprint density at radius 2 is 0.529 bits per heavy atom. The molecule has 0 unspecified atom stereocenters. The molecule has 0 aliphatic heterocycles. The van der Waals surface area contributed by atoms with Gasteiger partial charge in [-0.2, -0.15) is 0 Å². The number of hydrogen-bond acceptors (Lipinski definition) is 0. The normalized spacial score (nSPS) is 9.47. The third-order valence-corrected chi connectivity index (χ3v) is 5.09. The lowest BCUT2D eigenvalue weighted by atomic mass is 10.2. The average Bonchev–Trinajstić information content (AvgIpc) is 2.79. The van der Waals surface area contributed by atoms with Crippen LogP contribution in [-0.4, -0.2) is 0 Å². The van der Waals surface area contributed by atoms with E-state index in [1.54, 1.807) is 26.0 Å². The Morgan fingerprint density at radius 1 is 0.324 bits per heavy atom. The maximum Gasteiger partial charge on any atom is 0.126 e. The van der Waals surface area contributed by atoms with Crippen LogP contribution >= 0.6 is 0 Å². The SMILES string of the molecule is Cc1ccc(C)c(F)c1.Cc1ccc(C)c(F)c1.Cc1ccc(C)cc1.Cc1ccc(C)cc1. The van der Waals surface area contributed by atoms with Gasteiger partial charge in [-0.05, 0) is 89.8 Å². The zero-order valence-electron chi connectivity index (χ0n) is 21.8. The zero-order chi connectivity index (χ0) is 25.7. The molecule has 34 heavy (non-hydrogen) atoms. The van der Waals surface area contributed by atoms with E-state index in [1.165, 1.54) is 34.4 Å². The molecule has 4 rings (SSSR count). The van der Waals surface area contributed by atoms with E-state index in [-0.39, 0.29) is 11.6 Å². The summed E-state index contributed by atoms with van der Waals surface area (Å²) in [6, 6.07) is 27.4. The monoisotopic (exact) mass is 460 g/mol. The van der Waals surface area contributed by atoms with Gasteiger partial charge in [0.1, 0.15) is 11.6 Å². The molecule has 0 spiro atoms. The minimum atomic E-state index is -0.116. The smallest absolute Gasteiger partial charge is 0.126 e. The van der Waals surface area contributed by atoms with E-state index in [0.717, 1.165) is 11.1 Å². The molecular formula is C32H38F2. The Kier molecular flexibility index (Phi) is 12.5. The molecule has 0 aromatic heterocycles. The second kappa shape index (κ2) is 14.8. The van der Waals surface area contributed by atoms with Crippen LogP contribution < -0.4 is 0 Å². The lowest BCUT2D eigenvalue weighted by Gasteiger charge is -1.94. The van der Waals surface area contributed by atoms with Gasteiger partial charge in [0, 0.05) is 0 Å². The Labute approximate surface area is 205 Å². The predicted molar refractivity (Wildman–Crippen MR) is 144 cm³/mol. The first-order valence-electron chi connectivity index (χ1n) is 11.5. The summed E-state index contributed by atoms with van der Waals surface area (Å²) in [6.45, 7) is 15.7. The molecule has 4 aromatic carbocycles. The van der Waals surface area contributed by atoms with Crippen LogP contribution in [0.25, 0.3) is 0 Å². The summed E-state index contributed by atoms with van der Waals surface area (Å²) in [4.78, 5) is 0. The van der Waals surface area contributed by atoms with E-state index in [0.29, 0.717) is 11.1 Å². The van der Waals surface area contributed by atoms with E-state index in [9.17, 15) is 8.78 Å². The fraction of sp³-hybridized carbons (Fsp3) is 0.250. The van der Waals surface area contributed by atoms with Crippen LogP contribution in [0.4, 0.5) is 8.78 Å². The fourth-order valence-corrected chi connectivity index (χ4v) is 2.67. The lowest BCUT2D eigenvalue weighted by molar-refractivity contribution is 0.617.